The molecule has 6 heteroatoms. The van der Waals surface area contributed by atoms with Crippen LogP contribution in [0, 0.1) is 18.8 Å². The number of aromatic nitrogens is 2. The maximum atomic E-state index is 6.06. The van der Waals surface area contributed by atoms with Gasteiger partial charge in [-0.15, -0.1) is 11.3 Å². The van der Waals surface area contributed by atoms with Crippen LogP contribution in [-0.4, -0.2) is 22.4 Å². The first-order valence-corrected chi connectivity index (χ1v) is 8.14. The van der Waals surface area contributed by atoms with Crippen LogP contribution in [0.3, 0.4) is 0 Å². The summed E-state index contributed by atoms with van der Waals surface area (Å²) in [5, 5.41) is 4.32. The van der Waals surface area contributed by atoms with Crippen LogP contribution in [0.5, 0.6) is 0 Å². The summed E-state index contributed by atoms with van der Waals surface area (Å²) < 4.78 is 4.34. The van der Waals surface area contributed by atoms with E-state index in [1.807, 2.05) is 6.92 Å². The summed E-state index contributed by atoms with van der Waals surface area (Å²) in [6.07, 6.45) is 0. The lowest BCUT2D eigenvalue weighted by atomic mass is 10.0. The molecule has 0 aliphatic carbocycles. The first-order valence-electron chi connectivity index (χ1n) is 6.49. The molecule has 3 rings (SSSR count). The van der Waals surface area contributed by atoms with E-state index in [1.165, 1.54) is 16.5 Å². The Kier molecular flexibility index (Phi) is 3.22. The fraction of sp³-hybridized carbons (Fsp3) is 0.538. The van der Waals surface area contributed by atoms with Crippen molar-refractivity contribution in [3.63, 3.8) is 0 Å². The van der Waals surface area contributed by atoms with E-state index in [-0.39, 0.29) is 0 Å². The molecule has 3 heterocycles. The molecule has 4 nitrogen and oxygen atoms in total. The number of thiazole rings is 1. The molecule has 2 atom stereocenters. The summed E-state index contributed by atoms with van der Waals surface area (Å²) in [5.74, 6) is 2.04. The van der Waals surface area contributed by atoms with E-state index in [1.54, 1.807) is 11.3 Å². The van der Waals surface area contributed by atoms with Crippen molar-refractivity contribution in [2.45, 2.75) is 20.8 Å². The van der Waals surface area contributed by atoms with Crippen molar-refractivity contribution >= 4 is 33.7 Å². The minimum absolute atomic E-state index is 0.609. The van der Waals surface area contributed by atoms with Gasteiger partial charge in [-0.05, 0) is 30.3 Å². The fourth-order valence-corrected chi connectivity index (χ4v) is 3.97. The Morgan fingerprint density at radius 3 is 2.58 bits per heavy atom. The van der Waals surface area contributed by atoms with Crippen LogP contribution in [0.25, 0.3) is 11.3 Å². The first kappa shape index (κ1) is 12.9. The molecule has 0 amide bonds. The van der Waals surface area contributed by atoms with E-state index in [0.717, 1.165) is 29.4 Å². The van der Waals surface area contributed by atoms with Gasteiger partial charge in [-0.25, -0.2) is 4.98 Å². The molecule has 1 aliphatic rings. The van der Waals surface area contributed by atoms with Gasteiger partial charge in [0.2, 0.25) is 0 Å². The van der Waals surface area contributed by atoms with E-state index in [4.69, 9.17) is 5.73 Å². The number of hydrogen-bond acceptors (Lipinski definition) is 6. The Labute approximate surface area is 121 Å². The molecule has 0 saturated carbocycles. The fourth-order valence-electron chi connectivity index (χ4n) is 2.52. The van der Waals surface area contributed by atoms with Crippen LogP contribution in [0.1, 0.15) is 18.9 Å². The van der Waals surface area contributed by atoms with Crippen LogP contribution in [0.15, 0.2) is 5.38 Å². The molecule has 0 radical (unpaired) electrons. The van der Waals surface area contributed by atoms with Gasteiger partial charge in [-0.3, -0.25) is 0 Å². The van der Waals surface area contributed by atoms with Gasteiger partial charge in [0.1, 0.15) is 10.8 Å². The molecular weight excluding hydrogens is 276 g/mol. The molecule has 2 N–H and O–H groups in total. The smallest absolute Gasteiger partial charge is 0.148 e. The van der Waals surface area contributed by atoms with Crippen LogP contribution in [-0.2, 0) is 0 Å². The number of rotatable bonds is 2. The Balaban J connectivity index is 2.00. The summed E-state index contributed by atoms with van der Waals surface area (Å²) in [7, 11) is 0. The highest BCUT2D eigenvalue weighted by molar-refractivity contribution is 7.11. The molecule has 2 aromatic heterocycles. The van der Waals surface area contributed by atoms with Crippen molar-refractivity contribution in [2.24, 2.45) is 11.8 Å². The number of anilines is 2. The Bertz CT molecular complexity index is 579. The molecule has 1 aliphatic heterocycles. The number of hydrogen-bond donors (Lipinski definition) is 1. The van der Waals surface area contributed by atoms with Gasteiger partial charge in [0, 0.05) is 18.5 Å². The van der Waals surface area contributed by atoms with Gasteiger partial charge in [-0.1, -0.05) is 13.8 Å². The summed E-state index contributed by atoms with van der Waals surface area (Å²) in [4.78, 5) is 6.97. The summed E-state index contributed by atoms with van der Waals surface area (Å²) in [6, 6.07) is 0. The van der Waals surface area contributed by atoms with Crippen LogP contribution < -0.4 is 10.6 Å². The average molecular weight is 294 g/mol. The zero-order chi connectivity index (χ0) is 13.6. The van der Waals surface area contributed by atoms with Crippen molar-refractivity contribution in [3.05, 3.63) is 10.4 Å². The normalized spacial score (nSPS) is 23.2. The molecule has 102 valence electrons. The maximum absolute atomic E-state index is 6.06. The molecule has 1 saturated heterocycles. The summed E-state index contributed by atoms with van der Waals surface area (Å²) in [6.45, 7) is 8.80. The minimum Gasteiger partial charge on any atom is -0.382 e. The lowest BCUT2D eigenvalue weighted by molar-refractivity contribution is 0.494. The maximum Gasteiger partial charge on any atom is 0.148 e. The highest BCUT2D eigenvalue weighted by Crippen LogP contribution is 2.42. The van der Waals surface area contributed by atoms with Gasteiger partial charge >= 0.3 is 0 Å². The molecule has 19 heavy (non-hydrogen) atoms. The van der Waals surface area contributed by atoms with Crippen molar-refractivity contribution in [1.82, 2.24) is 9.36 Å². The third kappa shape index (κ3) is 2.23. The molecule has 0 bridgehead atoms. The standard InChI is InChI=1S/C13H18N4S2/c1-7-4-17(5-8(7)2)13-11(12(14)16-19-13)10-6-18-9(3)15-10/h6-8H,4-5H2,1-3H3,(H2,14,16). The second-order valence-electron chi connectivity index (χ2n) is 5.36. The topological polar surface area (TPSA) is 55.0 Å². The van der Waals surface area contributed by atoms with Crippen molar-refractivity contribution in [3.8, 4) is 11.3 Å². The molecular formula is C13H18N4S2. The molecule has 2 unspecified atom stereocenters. The second-order valence-corrected chi connectivity index (χ2v) is 7.17. The minimum atomic E-state index is 0.609. The zero-order valence-electron chi connectivity index (χ0n) is 11.4. The quantitative estimate of drug-likeness (QED) is 0.923. The van der Waals surface area contributed by atoms with E-state index < -0.39 is 0 Å². The lowest BCUT2D eigenvalue weighted by Crippen LogP contribution is -2.19. The Hall–Kier alpha value is -1.14. The number of nitrogen functional groups attached to an aromatic ring is 1. The van der Waals surface area contributed by atoms with Crippen molar-refractivity contribution in [1.29, 1.82) is 0 Å². The van der Waals surface area contributed by atoms with Crippen molar-refractivity contribution in [2.75, 3.05) is 23.7 Å². The van der Waals surface area contributed by atoms with Gasteiger partial charge in [-0.2, -0.15) is 4.37 Å². The molecule has 0 spiro atoms. The Morgan fingerprint density at radius 1 is 1.32 bits per heavy atom. The van der Waals surface area contributed by atoms with E-state index in [0.29, 0.717) is 17.7 Å². The molecule has 1 fully saturated rings. The first-order chi connectivity index (χ1) is 9.06. The van der Waals surface area contributed by atoms with Gasteiger partial charge < -0.3 is 10.6 Å². The van der Waals surface area contributed by atoms with E-state index in [2.05, 4.69) is 33.5 Å². The summed E-state index contributed by atoms with van der Waals surface area (Å²) >= 11 is 3.15. The predicted molar refractivity (Wildman–Crippen MR) is 82.9 cm³/mol. The second kappa shape index (κ2) is 4.76. The highest BCUT2D eigenvalue weighted by Gasteiger charge is 2.30. The lowest BCUT2D eigenvalue weighted by Gasteiger charge is -2.17. The monoisotopic (exact) mass is 294 g/mol. The van der Waals surface area contributed by atoms with Crippen LogP contribution >= 0.6 is 22.9 Å². The van der Waals surface area contributed by atoms with E-state index in [9.17, 15) is 0 Å². The zero-order valence-corrected chi connectivity index (χ0v) is 13.0. The average Bonchev–Trinajstić information content (AvgIpc) is 3.01. The predicted octanol–water partition coefficient (Wildman–Crippen LogP) is 3.25. The number of nitrogens with zero attached hydrogens (tertiary/aromatic N) is 3. The number of aryl methyl sites for hydroxylation is 1. The largest absolute Gasteiger partial charge is 0.382 e. The van der Waals surface area contributed by atoms with Crippen LogP contribution in [0.4, 0.5) is 10.8 Å². The van der Waals surface area contributed by atoms with Gasteiger partial charge in [0.25, 0.3) is 0 Å². The molecule has 0 aromatic carbocycles. The Morgan fingerprint density at radius 2 is 2.00 bits per heavy atom. The van der Waals surface area contributed by atoms with Crippen molar-refractivity contribution < 1.29 is 0 Å². The van der Waals surface area contributed by atoms with Gasteiger partial charge in [0.05, 0.1) is 16.3 Å². The third-order valence-corrected chi connectivity index (χ3v) is 5.55. The van der Waals surface area contributed by atoms with Gasteiger partial charge in [0.15, 0.2) is 0 Å². The van der Waals surface area contributed by atoms with E-state index >= 15 is 0 Å². The number of nitrogens with two attached hydrogens (primary N) is 1. The molecule has 2 aromatic rings. The van der Waals surface area contributed by atoms with Crippen LogP contribution in [0.2, 0.25) is 0 Å². The third-order valence-electron chi connectivity index (χ3n) is 3.85. The highest BCUT2D eigenvalue weighted by atomic mass is 32.1. The summed E-state index contributed by atoms with van der Waals surface area (Å²) in [5.41, 5.74) is 8.05. The SMILES string of the molecule is Cc1nc(-c2c(N)nsc2N2CC(C)C(C)C2)cs1.